The average molecular weight is 311 g/mol. The number of amides is 2. The average Bonchev–Trinajstić information content (AvgIpc) is 2.45. The predicted molar refractivity (Wildman–Crippen MR) is 86.6 cm³/mol. The van der Waals surface area contributed by atoms with E-state index in [0.29, 0.717) is 23.8 Å². The summed E-state index contributed by atoms with van der Waals surface area (Å²) in [5.41, 5.74) is 0.670. The number of nitrogens with one attached hydrogen (secondary N) is 1. The Morgan fingerprint density at radius 3 is 2.38 bits per heavy atom. The molecule has 0 atom stereocenters. The Hall–Kier alpha value is -1.55. The molecule has 21 heavy (non-hydrogen) atoms. The zero-order chi connectivity index (χ0) is 15.8. The van der Waals surface area contributed by atoms with Gasteiger partial charge in [0.25, 0.3) is 0 Å². The number of hydrogen-bond donors (Lipinski definition) is 1. The van der Waals surface area contributed by atoms with Crippen molar-refractivity contribution in [3.63, 3.8) is 0 Å². The van der Waals surface area contributed by atoms with Gasteiger partial charge in [0.15, 0.2) is 0 Å². The minimum atomic E-state index is -0.0973. The molecule has 0 saturated heterocycles. The van der Waals surface area contributed by atoms with E-state index in [4.69, 9.17) is 11.6 Å². The van der Waals surface area contributed by atoms with Crippen LogP contribution in [0.4, 0.5) is 5.69 Å². The minimum absolute atomic E-state index is 0.0380. The number of carbonyl (C=O) groups excluding carboxylic acids is 2. The highest BCUT2D eigenvalue weighted by molar-refractivity contribution is 6.33. The second-order valence-electron chi connectivity index (χ2n) is 4.93. The zero-order valence-electron chi connectivity index (χ0n) is 12.9. The first kappa shape index (κ1) is 17.5. The van der Waals surface area contributed by atoms with Gasteiger partial charge in [-0.25, -0.2) is 0 Å². The van der Waals surface area contributed by atoms with E-state index >= 15 is 0 Å². The van der Waals surface area contributed by atoms with Crippen LogP contribution in [0.15, 0.2) is 24.3 Å². The summed E-state index contributed by atoms with van der Waals surface area (Å²) in [6, 6.07) is 7.20. The molecule has 1 aromatic carbocycles. The van der Waals surface area contributed by atoms with Crippen LogP contribution in [0.25, 0.3) is 0 Å². The topological polar surface area (TPSA) is 49.4 Å². The van der Waals surface area contributed by atoms with Crippen molar-refractivity contribution in [3.8, 4) is 0 Å². The number of nitrogens with zero attached hydrogens (tertiary/aromatic N) is 1. The lowest BCUT2D eigenvalue weighted by molar-refractivity contribution is -0.125. The van der Waals surface area contributed by atoms with Gasteiger partial charge in [-0.3, -0.25) is 9.59 Å². The first-order chi connectivity index (χ1) is 10.0. The standard InChI is InChI=1S/C16H23ClN2O2/c1-4-13(5-2)16(21)18-10-11-19(12(3)20)15-9-7-6-8-14(15)17/h6-9,13H,4-5,10-11H2,1-3H3,(H,18,21). The molecule has 0 aliphatic carbocycles. The molecule has 1 aromatic rings. The van der Waals surface area contributed by atoms with Crippen molar-refractivity contribution in [2.24, 2.45) is 5.92 Å². The van der Waals surface area contributed by atoms with Crippen LogP contribution in [0.5, 0.6) is 0 Å². The monoisotopic (exact) mass is 310 g/mol. The van der Waals surface area contributed by atoms with Gasteiger partial charge in [0, 0.05) is 25.9 Å². The van der Waals surface area contributed by atoms with Crippen LogP contribution in [0.3, 0.4) is 0 Å². The van der Waals surface area contributed by atoms with Crippen molar-refractivity contribution >= 4 is 29.1 Å². The van der Waals surface area contributed by atoms with Crippen molar-refractivity contribution < 1.29 is 9.59 Å². The maximum absolute atomic E-state index is 11.9. The number of carbonyl (C=O) groups is 2. The Morgan fingerprint density at radius 1 is 1.24 bits per heavy atom. The fourth-order valence-electron chi connectivity index (χ4n) is 2.21. The van der Waals surface area contributed by atoms with Gasteiger partial charge < -0.3 is 10.2 Å². The Bertz CT molecular complexity index is 487. The van der Waals surface area contributed by atoms with Crippen LogP contribution in [0.2, 0.25) is 5.02 Å². The molecule has 0 fully saturated rings. The van der Waals surface area contributed by atoms with Gasteiger partial charge in [0.1, 0.15) is 0 Å². The molecule has 2 amide bonds. The quantitative estimate of drug-likeness (QED) is 0.840. The fourth-order valence-corrected chi connectivity index (χ4v) is 2.45. The second-order valence-corrected chi connectivity index (χ2v) is 5.33. The van der Waals surface area contributed by atoms with E-state index in [0.717, 1.165) is 12.8 Å². The maximum atomic E-state index is 11.9. The van der Waals surface area contributed by atoms with E-state index in [1.54, 1.807) is 17.0 Å². The van der Waals surface area contributed by atoms with E-state index in [2.05, 4.69) is 5.32 Å². The molecule has 4 nitrogen and oxygen atoms in total. The van der Waals surface area contributed by atoms with E-state index < -0.39 is 0 Å². The number of halogens is 1. The molecule has 0 aromatic heterocycles. The molecular weight excluding hydrogens is 288 g/mol. The van der Waals surface area contributed by atoms with Crippen LogP contribution in [0, 0.1) is 5.92 Å². The number of hydrogen-bond acceptors (Lipinski definition) is 2. The van der Waals surface area contributed by atoms with Crippen LogP contribution in [0.1, 0.15) is 33.6 Å². The maximum Gasteiger partial charge on any atom is 0.223 e. The molecule has 0 spiro atoms. The molecule has 0 unspecified atom stereocenters. The highest BCUT2D eigenvalue weighted by Crippen LogP contribution is 2.24. The van der Waals surface area contributed by atoms with Crippen LogP contribution in [-0.4, -0.2) is 24.9 Å². The van der Waals surface area contributed by atoms with Crippen molar-refractivity contribution in [1.29, 1.82) is 0 Å². The summed E-state index contributed by atoms with van der Waals surface area (Å²) < 4.78 is 0. The molecule has 1 N–H and O–H groups in total. The molecule has 0 radical (unpaired) electrons. The Kier molecular flexibility index (Phi) is 7.23. The van der Waals surface area contributed by atoms with Gasteiger partial charge in [0.2, 0.25) is 11.8 Å². The van der Waals surface area contributed by atoms with Crippen LogP contribution in [-0.2, 0) is 9.59 Å². The summed E-state index contributed by atoms with van der Waals surface area (Å²) in [5, 5.41) is 3.41. The van der Waals surface area contributed by atoms with E-state index in [1.807, 2.05) is 26.0 Å². The lowest BCUT2D eigenvalue weighted by Gasteiger charge is -2.23. The van der Waals surface area contributed by atoms with Crippen LogP contribution < -0.4 is 10.2 Å². The van der Waals surface area contributed by atoms with Gasteiger partial charge in [-0.2, -0.15) is 0 Å². The summed E-state index contributed by atoms with van der Waals surface area (Å²) in [5.74, 6) is -0.0152. The van der Waals surface area contributed by atoms with Crippen molar-refractivity contribution in [2.45, 2.75) is 33.6 Å². The largest absolute Gasteiger partial charge is 0.354 e. The number of para-hydroxylation sites is 1. The van der Waals surface area contributed by atoms with Crippen molar-refractivity contribution in [1.82, 2.24) is 5.32 Å². The SMILES string of the molecule is CCC(CC)C(=O)NCCN(C(C)=O)c1ccccc1Cl. The summed E-state index contributed by atoms with van der Waals surface area (Å²) in [4.78, 5) is 25.3. The molecule has 5 heteroatoms. The molecule has 0 heterocycles. The molecular formula is C16H23ClN2O2. The Labute approximate surface area is 131 Å². The summed E-state index contributed by atoms with van der Waals surface area (Å²) in [7, 11) is 0. The van der Waals surface area contributed by atoms with Crippen molar-refractivity contribution in [3.05, 3.63) is 29.3 Å². The summed E-state index contributed by atoms with van der Waals surface area (Å²) >= 11 is 6.12. The molecule has 1 rings (SSSR count). The fraction of sp³-hybridized carbons (Fsp3) is 0.500. The van der Waals surface area contributed by atoms with Gasteiger partial charge in [-0.1, -0.05) is 37.6 Å². The van der Waals surface area contributed by atoms with Gasteiger partial charge in [-0.15, -0.1) is 0 Å². The first-order valence-electron chi connectivity index (χ1n) is 7.31. The van der Waals surface area contributed by atoms with Gasteiger partial charge in [-0.05, 0) is 25.0 Å². The predicted octanol–water partition coefficient (Wildman–Crippen LogP) is 3.25. The van der Waals surface area contributed by atoms with E-state index in [9.17, 15) is 9.59 Å². The molecule has 0 saturated carbocycles. The smallest absolute Gasteiger partial charge is 0.223 e. The summed E-state index contributed by atoms with van der Waals surface area (Å²) in [6.45, 7) is 6.32. The van der Waals surface area contributed by atoms with Crippen LogP contribution >= 0.6 is 11.6 Å². The minimum Gasteiger partial charge on any atom is -0.354 e. The Balaban J connectivity index is 2.64. The van der Waals surface area contributed by atoms with Crippen molar-refractivity contribution in [2.75, 3.05) is 18.0 Å². The molecule has 0 aliphatic rings. The number of rotatable bonds is 7. The normalized spacial score (nSPS) is 10.5. The lowest BCUT2D eigenvalue weighted by Crippen LogP contribution is -2.39. The second kappa shape index (κ2) is 8.67. The third-order valence-corrected chi connectivity index (χ3v) is 3.83. The highest BCUT2D eigenvalue weighted by Gasteiger charge is 2.16. The molecule has 0 bridgehead atoms. The number of anilines is 1. The zero-order valence-corrected chi connectivity index (χ0v) is 13.6. The summed E-state index contributed by atoms with van der Waals surface area (Å²) in [6.07, 6.45) is 1.65. The Morgan fingerprint density at radius 2 is 1.86 bits per heavy atom. The molecule has 0 aliphatic heterocycles. The van der Waals surface area contributed by atoms with E-state index in [-0.39, 0.29) is 17.7 Å². The van der Waals surface area contributed by atoms with E-state index in [1.165, 1.54) is 6.92 Å². The lowest BCUT2D eigenvalue weighted by atomic mass is 10.0. The van der Waals surface area contributed by atoms with Gasteiger partial charge in [0.05, 0.1) is 10.7 Å². The first-order valence-corrected chi connectivity index (χ1v) is 7.69. The van der Waals surface area contributed by atoms with Gasteiger partial charge >= 0.3 is 0 Å². The molecule has 116 valence electrons. The third-order valence-electron chi connectivity index (χ3n) is 3.51. The number of benzene rings is 1. The highest BCUT2D eigenvalue weighted by atomic mass is 35.5. The third kappa shape index (κ3) is 5.05.